The Hall–Kier alpha value is -4.98. The molecule has 0 heterocycles. The maximum absolute atomic E-state index is 12.3. The zero-order chi connectivity index (χ0) is 33.0. The van der Waals surface area contributed by atoms with Crippen molar-refractivity contribution >= 4 is 24.1 Å². The van der Waals surface area contributed by atoms with Crippen molar-refractivity contribution in [2.75, 3.05) is 6.61 Å². The maximum Gasteiger partial charge on any atom is 0.521 e. The van der Waals surface area contributed by atoms with E-state index in [0.29, 0.717) is 25.2 Å². The molecule has 0 bridgehead atoms. The van der Waals surface area contributed by atoms with E-state index >= 15 is 0 Å². The first kappa shape index (κ1) is 34.5. The Kier molecular flexibility index (Phi) is 12.0. The van der Waals surface area contributed by atoms with E-state index in [9.17, 15) is 19.2 Å². The second-order valence-electron chi connectivity index (χ2n) is 11.5. The molecule has 0 radical (unpaired) electrons. The third-order valence-corrected chi connectivity index (χ3v) is 7.68. The number of ether oxygens (including phenoxy) is 4. The number of benzene rings is 3. The molecule has 0 saturated carbocycles. The molecule has 0 unspecified atom stereocenters. The summed E-state index contributed by atoms with van der Waals surface area (Å²) in [6, 6.07) is 23.0. The van der Waals surface area contributed by atoms with Crippen LogP contribution in [0.25, 0.3) is 0 Å². The monoisotopic (exact) mass is 612 g/mol. The average Bonchev–Trinajstić information content (AvgIpc) is 3.03. The summed E-state index contributed by atoms with van der Waals surface area (Å²) < 4.78 is 20.0. The van der Waals surface area contributed by atoms with Gasteiger partial charge >= 0.3 is 24.1 Å². The molecular formula is C37H40O8. The number of hydrogen-bond donors (Lipinski definition) is 0. The summed E-state index contributed by atoms with van der Waals surface area (Å²) in [4.78, 5) is 46.3. The van der Waals surface area contributed by atoms with Crippen LogP contribution in [0, 0.1) is 0 Å². The van der Waals surface area contributed by atoms with Gasteiger partial charge in [0.1, 0.15) is 11.5 Å². The van der Waals surface area contributed by atoms with Crippen molar-refractivity contribution < 1.29 is 38.1 Å². The van der Waals surface area contributed by atoms with E-state index < -0.39 is 18.1 Å². The third kappa shape index (κ3) is 9.76. The summed E-state index contributed by atoms with van der Waals surface area (Å²) in [7, 11) is 0. The zero-order valence-corrected chi connectivity index (χ0v) is 26.3. The average molecular weight is 613 g/mol. The van der Waals surface area contributed by atoms with Gasteiger partial charge in [0.15, 0.2) is 0 Å². The molecule has 8 heteroatoms. The summed E-state index contributed by atoms with van der Waals surface area (Å²) in [5.74, 6) is -0.890. The minimum Gasteiger partial charge on any atom is -0.463 e. The fourth-order valence-corrected chi connectivity index (χ4v) is 4.71. The molecular weight excluding hydrogens is 572 g/mol. The Morgan fingerprint density at radius 1 is 0.644 bits per heavy atom. The zero-order valence-electron chi connectivity index (χ0n) is 26.3. The van der Waals surface area contributed by atoms with Crippen molar-refractivity contribution in [3.05, 3.63) is 120 Å². The molecule has 8 nitrogen and oxygen atoms in total. The lowest BCUT2D eigenvalue weighted by molar-refractivity contribution is -0.138. The fraction of sp³-hybridized carbons (Fsp3) is 0.297. The van der Waals surface area contributed by atoms with E-state index in [0.717, 1.165) is 40.8 Å². The molecule has 0 N–H and O–H groups in total. The van der Waals surface area contributed by atoms with Crippen LogP contribution in [0.2, 0.25) is 0 Å². The molecule has 3 aromatic rings. The molecule has 236 valence electrons. The molecule has 0 spiro atoms. The summed E-state index contributed by atoms with van der Waals surface area (Å²) in [6.07, 6.45) is 3.24. The van der Waals surface area contributed by atoms with Crippen molar-refractivity contribution in [1.29, 1.82) is 0 Å². The smallest absolute Gasteiger partial charge is 0.463 e. The highest BCUT2D eigenvalue weighted by atomic mass is 16.7. The second-order valence-corrected chi connectivity index (χ2v) is 11.5. The van der Waals surface area contributed by atoms with Gasteiger partial charge in [0.25, 0.3) is 0 Å². The van der Waals surface area contributed by atoms with Gasteiger partial charge in [0, 0.05) is 29.4 Å². The Balaban J connectivity index is 1.63. The maximum atomic E-state index is 12.3. The van der Waals surface area contributed by atoms with Crippen LogP contribution in [0.3, 0.4) is 0 Å². The summed E-state index contributed by atoms with van der Waals surface area (Å²) in [5.41, 5.74) is 3.56. The molecule has 0 fully saturated rings. The van der Waals surface area contributed by atoms with E-state index in [1.807, 2.05) is 42.5 Å². The minimum absolute atomic E-state index is 0.254. The predicted molar refractivity (Wildman–Crippen MR) is 171 cm³/mol. The van der Waals surface area contributed by atoms with Crippen LogP contribution >= 0.6 is 0 Å². The molecule has 0 aromatic heterocycles. The van der Waals surface area contributed by atoms with Crippen LogP contribution < -0.4 is 9.47 Å². The fourth-order valence-electron chi connectivity index (χ4n) is 4.71. The van der Waals surface area contributed by atoms with Gasteiger partial charge in [0.2, 0.25) is 0 Å². The molecule has 0 saturated heterocycles. The summed E-state index contributed by atoms with van der Waals surface area (Å²) in [6.45, 7) is 15.4. The standard InChI is InChI=1S/C37H40O8/c1-7-32(38)42-24-11-9-10-15-34(40)43-30-20-16-26(17-21-30)36(3,4)28-13-12-14-29(25-28)37(5,6)27-18-22-31(23-19-27)44-35(41)45-33(39)8-2/h7-8,12-14,16-23,25H,1-2,9-11,15,24H2,3-6H3. The van der Waals surface area contributed by atoms with Crippen molar-refractivity contribution in [3.8, 4) is 11.5 Å². The first-order valence-corrected chi connectivity index (χ1v) is 14.7. The normalized spacial score (nSPS) is 11.2. The van der Waals surface area contributed by atoms with Crippen LogP contribution in [0.15, 0.2) is 98.1 Å². The summed E-state index contributed by atoms with van der Waals surface area (Å²) >= 11 is 0. The van der Waals surface area contributed by atoms with Crippen LogP contribution in [-0.2, 0) is 34.7 Å². The highest BCUT2D eigenvalue weighted by molar-refractivity contribution is 5.89. The van der Waals surface area contributed by atoms with Crippen molar-refractivity contribution in [3.63, 3.8) is 0 Å². The van der Waals surface area contributed by atoms with Gasteiger partial charge < -0.3 is 18.9 Å². The highest BCUT2D eigenvalue weighted by Gasteiger charge is 2.28. The van der Waals surface area contributed by atoms with Gasteiger partial charge in [0.05, 0.1) is 6.61 Å². The molecule has 0 aliphatic carbocycles. The van der Waals surface area contributed by atoms with Crippen molar-refractivity contribution in [2.24, 2.45) is 0 Å². The number of carbonyl (C=O) groups is 4. The number of rotatable bonds is 14. The van der Waals surface area contributed by atoms with Crippen LogP contribution in [-0.4, -0.2) is 30.7 Å². The van der Waals surface area contributed by atoms with Gasteiger partial charge in [-0.2, -0.15) is 0 Å². The van der Waals surface area contributed by atoms with Gasteiger partial charge in [-0.1, -0.05) is 89.4 Å². The number of carbonyl (C=O) groups excluding carboxylic acids is 4. The highest BCUT2D eigenvalue weighted by Crippen LogP contribution is 2.37. The van der Waals surface area contributed by atoms with E-state index in [2.05, 4.69) is 63.8 Å². The van der Waals surface area contributed by atoms with E-state index in [-0.39, 0.29) is 29.0 Å². The lowest BCUT2D eigenvalue weighted by Gasteiger charge is -2.31. The molecule has 0 aliphatic heterocycles. The number of hydrogen-bond acceptors (Lipinski definition) is 8. The summed E-state index contributed by atoms with van der Waals surface area (Å²) in [5, 5.41) is 0. The Bertz CT molecular complexity index is 1510. The van der Waals surface area contributed by atoms with Gasteiger partial charge in [-0.25, -0.2) is 14.4 Å². The molecule has 0 amide bonds. The predicted octanol–water partition coefficient (Wildman–Crippen LogP) is 7.76. The minimum atomic E-state index is -1.12. The third-order valence-electron chi connectivity index (χ3n) is 7.68. The molecule has 0 atom stereocenters. The quantitative estimate of drug-likeness (QED) is 0.0454. The van der Waals surface area contributed by atoms with Gasteiger partial charge in [-0.3, -0.25) is 4.79 Å². The SMILES string of the molecule is C=CC(=O)OCCCCCC(=O)Oc1ccc(C(C)(C)c2cccc(C(C)(C)c3ccc(OC(=O)OC(=O)C=C)cc3)c2)cc1. The van der Waals surface area contributed by atoms with E-state index in [4.69, 9.17) is 14.2 Å². The first-order valence-electron chi connectivity index (χ1n) is 14.7. The first-order chi connectivity index (χ1) is 21.4. The Morgan fingerprint density at radius 2 is 1.16 bits per heavy atom. The largest absolute Gasteiger partial charge is 0.521 e. The number of esters is 3. The van der Waals surface area contributed by atoms with Crippen LogP contribution in [0.1, 0.15) is 75.6 Å². The Morgan fingerprint density at radius 3 is 1.67 bits per heavy atom. The van der Waals surface area contributed by atoms with E-state index in [1.165, 1.54) is 0 Å². The topological polar surface area (TPSA) is 105 Å². The van der Waals surface area contributed by atoms with E-state index in [1.54, 1.807) is 12.1 Å². The van der Waals surface area contributed by atoms with Crippen LogP contribution in [0.5, 0.6) is 11.5 Å². The van der Waals surface area contributed by atoms with Crippen LogP contribution in [0.4, 0.5) is 4.79 Å². The Labute approximate surface area is 264 Å². The lowest BCUT2D eigenvalue weighted by atomic mass is 9.73. The van der Waals surface area contributed by atoms with Gasteiger partial charge in [-0.15, -0.1) is 0 Å². The molecule has 3 aromatic carbocycles. The van der Waals surface area contributed by atoms with Gasteiger partial charge in [-0.05, 0) is 65.8 Å². The van der Waals surface area contributed by atoms with Crippen molar-refractivity contribution in [2.45, 2.75) is 64.2 Å². The molecule has 0 aliphatic rings. The molecule has 3 rings (SSSR count). The molecule has 45 heavy (non-hydrogen) atoms. The second kappa shape index (κ2) is 15.7. The lowest BCUT2D eigenvalue weighted by Crippen LogP contribution is -2.23. The van der Waals surface area contributed by atoms with Crippen molar-refractivity contribution in [1.82, 2.24) is 0 Å². The number of unbranched alkanes of at least 4 members (excludes halogenated alkanes) is 2.